The lowest BCUT2D eigenvalue weighted by molar-refractivity contribution is 0.559. The van der Waals surface area contributed by atoms with Gasteiger partial charge in [0.2, 0.25) is 0 Å². The van der Waals surface area contributed by atoms with E-state index in [9.17, 15) is 4.79 Å². The van der Waals surface area contributed by atoms with Gasteiger partial charge in [0, 0.05) is 30.7 Å². The molecule has 2 aromatic heterocycles. The third kappa shape index (κ3) is 2.63. The van der Waals surface area contributed by atoms with E-state index in [0.29, 0.717) is 12.1 Å². The van der Waals surface area contributed by atoms with E-state index in [1.54, 1.807) is 12.3 Å². The van der Waals surface area contributed by atoms with Crippen LogP contribution < -0.4 is 10.9 Å². The average molecular weight is 309 g/mol. The molecular weight excluding hydrogens is 290 g/mol. The summed E-state index contributed by atoms with van der Waals surface area (Å²) >= 11 is 0. The van der Waals surface area contributed by atoms with Gasteiger partial charge in [-0.05, 0) is 55.0 Å². The van der Waals surface area contributed by atoms with Gasteiger partial charge >= 0.3 is 5.63 Å². The Labute approximate surface area is 133 Å². The molecule has 0 radical (unpaired) electrons. The maximum atomic E-state index is 11.9. The van der Waals surface area contributed by atoms with Crippen LogP contribution in [0.15, 0.2) is 39.8 Å². The van der Waals surface area contributed by atoms with E-state index in [2.05, 4.69) is 16.5 Å². The molecule has 23 heavy (non-hydrogen) atoms. The van der Waals surface area contributed by atoms with E-state index in [1.165, 1.54) is 17.5 Å². The zero-order valence-electron chi connectivity index (χ0n) is 13.1. The van der Waals surface area contributed by atoms with Crippen molar-refractivity contribution in [2.75, 3.05) is 5.32 Å². The molecule has 1 aromatic carbocycles. The molecule has 0 spiro atoms. The fraction of sp³-hybridized carbons (Fsp3) is 0.333. The Balaban J connectivity index is 1.69. The second kappa shape index (κ2) is 5.57. The first-order valence-corrected chi connectivity index (χ1v) is 8.08. The molecule has 1 N–H and O–H groups in total. The lowest BCUT2D eigenvalue weighted by Gasteiger charge is -2.09. The highest BCUT2D eigenvalue weighted by atomic mass is 16.4. The summed E-state index contributed by atoms with van der Waals surface area (Å²) in [4.78, 5) is 11.9. The largest absolute Gasteiger partial charge is 0.423 e. The monoisotopic (exact) mass is 309 g/mol. The highest BCUT2D eigenvalue weighted by molar-refractivity contribution is 5.82. The predicted octanol–water partition coefficient (Wildman–Crippen LogP) is 3.11. The summed E-state index contributed by atoms with van der Waals surface area (Å²) < 4.78 is 7.27. The van der Waals surface area contributed by atoms with Crippen molar-refractivity contribution >= 4 is 16.7 Å². The molecule has 5 heteroatoms. The number of aromatic nitrogens is 2. The van der Waals surface area contributed by atoms with Crippen LogP contribution >= 0.6 is 0 Å². The number of rotatable bonds is 4. The quantitative estimate of drug-likeness (QED) is 0.752. The van der Waals surface area contributed by atoms with Crippen molar-refractivity contribution in [3.05, 3.63) is 57.7 Å². The van der Waals surface area contributed by atoms with Gasteiger partial charge in [0.25, 0.3) is 0 Å². The van der Waals surface area contributed by atoms with Crippen LogP contribution in [0, 0.1) is 0 Å². The molecule has 0 amide bonds. The SMILES string of the molecule is CCn1cc(NCc2cc(=O)oc3cc4c(cc23)CCC4)cn1. The van der Waals surface area contributed by atoms with Crippen molar-refractivity contribution in [2.24, 2.45) is 0 Å². The molecule has 5 nitrogen and oxygen atoms in total. The van der Waals surface area contributed by atoms with Gasteiger partial charge in [0.1, 0.15) is 5.58 Å². The van der Waals surface area contributed by atoms with Crippen LogP contribution in [0.25, 0.3) is 11.0 Å². The van der Waals surface area contributed by atoms with Gasteiger partial charge in [-0.25, -0.2) is 4.79 Å². The lowest BCUT2D eigenvalue weighted by Crippen LogP contribution is -2.06. The highest BCUT2D eigenvalue weighted by Crippen LogP contribution is 2.28. The minimum atomic E-state index is -0.295. The number of nitrogens with zero attached hydrogens (tertiary/aromatic N) is 2. The second-order valence-corrected chi connectivity index (χ2v) is 6.00. The van der Waals surface area contributed by atoms with Crippen molar-refractivity contribution in [3.63, 3.8) is 0 Å². The van der Waals surface area contributed by atoms with Crippen molar-refractivity contribution in [3.8, 4) is 0 Å². The summed E-state index contributed by atoms with van der Waals surface area (Å²) in [5.74, 6) is 0. The highest BCUT2D eigenvalue weighted by Gasteiger charge is 2.15. The third-order valence-corrected chi connectivity index (χ3v) is 4.48. The van der Waals surface area contributed by atoms with E-state index in [0.717, 1.165) is 36.0 Å². The van der Waals surface area contributed by atoms with Gasteiger partial charge in [-0.3, -0.25) is 4.68 Å². The Morgan fingerprint density at radius 3 is 2.87 bits per heavy atom. The van der Waals surface area contributed by atoms with E-state index in [-0.39, 0.29) is 5.63 Å². The Kier molecular flexibility index (Phi) is 3.41. The summed E-state index contributed by atoms with van der Waals surface area (Å²) in [6.07, 6.45) is 7.13. The molecule has 3 aromatic rings. The number of anilines is 1. The zero-order chi connectivity index (χ0) is 15.8. The molecule has 4 rings (SSSR count). The van der Waals surface area contributed by atoms with Gasteiger partial charge in [-0.15, -0.1) is 0 Å². The Bertz CT molecular complexity index is 924. The Morgan fingerprint density at radius 2 is 2.09 bits per heavy atom. The van der Waals surface area contributed by atoms with Crippen LogP contribution in [0.5, 0.6) is 0 Å². The number of fused-ring (bicyclic) bond motifs is 2. The van der Waals surface area contributed by atoms with Gasteiger partial charge in [0.05, 0.1) is 11.9 Å². The number of nitrogens with one attached hydrogen (secondary N) is 1. The molecular formula is C18H19N3O2. The van der Waals surface area contributed by atoms with Crippen molar-refractivity contribution in [1.82, 2.24) is 9.78 Å². The second-order valence-electron chi connectivity index (χ2n) is 6.00. The molecule has 0 atom stereocenters. The first-order valence-electron chi connectivity index (χ1n) is 8.08. The summed E-state index contributed by atoms with van der Waals surface area (Å²) in [5, 5.41) is 8.62. The standard InChI is InChI=1S/C18H19N3O2/c1-2-21-11-15(10-20-21)19-9-14-8-18(22)23-17-7-13-5-3-4-12(13)6-16(14)17/h6-8,10-11,19H,2-5,9H2,1H3. The summed E-state index contributed by atoms with van der Waals surface area (Å²) in [5.41, 5.74) is 5.02. The minimum Gasteiger partial charge on any atom is -0.423 e. The summed E-state index contributed by atoms with van der Waals surface area (Å²) in [7, 11) is 0. The van der Waals surface area contributed by atoms with Crippen LogP contribution in [0.3, 0.4) is 0 Å². The maximum Gasteiger partial charge on any atom is 0.336 e. The molecule has 2 heterocycles. The summed E-state index contributed by atoms with van der Waals surface area (Å²) in [6, 6.07) is 5.81. The maximum absolute atomic E-state index is 11.9. The number of aryl methyl sites for hydroxylation is 3. The van der Waals surface area contributed by atoms with Crippen molar-refractivity contribution in [2.45, 2.75) is 39.3 Å². The smallest absolute Gasteiger partial charge is 0.336 e. The molecule has 1 aliphatic rings. The molecule has 0 bridgehead atoms. The molecule has 0 aliphatic heterocycles. The van der Waals surface area contributed by atoms with Crippen LogP contribution in [0.1, 0.15) is 30.0 Å². The fourth-order valence-electron chi connectivity index (χ4n) is 3.27. The number of hydrogen-bond donors (Lipinski definition) is 1. The van der Waals surface area contributed by atoms with Crippen molar-refractivity contribution < 1.29 is 4.42 Å². The minimum absolute atomic E-state index is 0.295. The zero-order valence-corrected chi connectivity index (χ0v) is 13.1. The topological polar surface area (TPSA) is 60.1 Å². The average Bonchev–Trinajstić information content (AvgIpc) is 3.19. The van der Waals surface area contributed by atoms with E-state index >= 15 is 0 Å². The summed E-state index contributed by atoms with van der Waals surface area (Å²) in [6.45, 7) is 3.47. The molecule has 0 unspecified atom stereocenters. The molecule has 118 valence electrons. The molecule has 0 saturated carbocycles. The van der Waals surface area contributed by atoms with Crippen LogP contribution in [0.4, 0.5) is 5.69 Å². The lowest BCUT2D eigenvalue weighted by atomic mass is 10.0. The van der Waals surface area contributed by atoms with E-state index in [1.807, 2.05) is 23.9 Å². The molecule has 0 fully saturated rings. The van der Waals surface area contributed by atoms with Crippen LogP contribution in [-0.4, -0.2) is 9.78 Å². The fourth-order valence-corrected chi connectivity index (χ4v) is 3.27. The Morgan fingerprint density at radius 1 is 1.26 bits per heavy atom. The Hall–Kier alpha value is -2.56. The number of benzene rings is 1. The van der Waals surface area contributed by atoms with E-state index < -0.39 is 0 Å². The first kappa shape index (κ1) is 14.1. The van der Waals surface area contributed by atoms with Gasteiger partial charge in [-0.2, -0.15) is 5.10 Å². The molecule has 1 aliphatic carbocycles. The number of hydrogen-bond acceptors (Lipinski definition) is 4. The van der Waals surface area contributed by atoms with Crippen LogP contribution in [-0.2, 0) is 25.9 Å². The van der Waals surface area contributed by atoms with Crippen molar-refractivity contribution in [1.29, 1.82) is 0 Å². The van der Waals surface area contributed by atoms with E-state index in [4.69, 9.17) is 4.42 Å². The first-order chi connectivity index (χ1) is 11.2. The van der Waals surface area contributed by atoms with Gasteiger partial charge < -0.3 is 9.73 Å². The predicted molar refractivity (Wildman–Crippen MR) is 89.7 cm³/mol. The van der Waals surface area contributed by atoms with Gasteiger partial charge in [0.15, 0.2) is 0 Å². The molecule has 0 saturated heterocycles. The normalized spacial score (nSPS) is 13.4. The van der Waals surface area contributed by atoms with Gasteiger partial charge in [-0.1, -0.05) is 0 Å². The van der Waals surface area contributed by atoms with Crippen LogP contribution in [0.2, 0.25) is 0 Å². The third-order valence-electron chi connectivity index (χ3n) is 4.48.